The second-order valence-corrected chi connectivity index (χ2v) is 2.74. The number of carbonyl (C=O) groups is 1. The van der Waals surface area contributed by atoms with Gasteiger partial charge in [0, 0.05) is 20.2 Å². The van der Waals surface area contributed by atoms with Crippen LogP contribution in [0, 0.1) is 0 Å². The van der Waals surface area contributed by atoms with Crippen LogP contribution in [0.2, 0.25) is 0 Å². The zero-order valence-corrected chi connectivity index (χ0v) is 8.38. The molecule has 2 N–H and O–H groups in total. The Morgan fingerprint density at radius 2 is 2.40 bits per heavy atom. The van der Waals surface area contributed by atoms with Gasteiger partial charge in [-0.1, -0.05) is 0 Å². The van der Waals surface area contributed by atoms with Crippen molar-refractivity contribution < 1.29 is 14.6 Å². The molecule has 8 heteroatoms. The summed E-state index contributed by atoms with van der Waals surface area (Å²) in [5.41, 5.74) is 0. The quantitative estimate of drug-likeness (QED) is 0.585. The first-order valence-corrected chi connectivity index (χ1v) is 4.42. The van der Waals surface area contributed by atoms with Gasteiger partial charge in [-0.3, -0.25) is 4.79 Å². The zero-order chi connectivity index (χ0) is 11.1. The molecule has 0 unspecified atom stereocenters. The van der Waals surface area contributed by atoms with Crippen molar-refractivity contribution >= 4 is 5.91 Å². The summed E-state index contributed by atoms with van der Waals surface area (Å²) in [4.78, 5) is 13.1. The van der Waals surface area contributed by atoms with Crippen LogP contribution in [0.1, 0.15) is 10.6 Å². The van der Waals surface area contributed by atoms with Gasteiger partial charge in [0.15, 0.2) is 0 Å². The van der Waals surface area contributed by atoms with E-state index in [1.54, 1.807) is 0 Å². The largest absolute Gasteiger partial charge is 0.395 e. The van der Waals surface area contributed by atoms with Crippen LogP contribution in [0.5, 0.6) is 0 Å². The number of aliphatic hydroxyl groups excluding tert-OH is 1. The predicted molar refractivity (Wildman–Crippen MR) is 49.0 cm³/mol. The molecule has 0 saturated heterocycles. The summed E-state index contributed by atoms with van der Waals surface area (Å²) in [7, 11) is 1.54. The molecule has 0 atom stereocenters. The van der Waals surface area contributed by atoms with Gasteiger partial charge in [0.25, 0.3) is 11.7 Å². The van der Waals surface area contributed by atoms with Crippen LogP contribution < -0.4 is 0 Å². The molecule has 1 aromatic heterocycles. The Labute approximate surface area is 86.2 Å². The molecule has 0 aliphatic carbocycles. The summed E-state index contributed by atoms with van der Waals surface area (Å²) in [5, 5.41) is 21.4. The molecule has 0 aliphatic heterocycles. The van der Waals surface area contributed by atoms with Crippen molar-refractivity contribution in [2.24, 2.45) is 0 Å². The van der Waals surface area contributed by atoms with Crippen LogP contribution >= 0.6 is 0 Å². The van der Waals surface area contributed by atoms with Gasteiger partial charge in [-0.2, -0.15) is 5.21 Å². The van der Waals surface area contributed by atoms with Gasteiger partial charge in [-0.05, 0) is 5.21 Å². The molecule has 15 heavy (non-hydrogen) atoms. The molecular formula is C7H13N5O3. The number of aliphatic hydroxyl groups is 1. The topological polar surface area (TPSA) is 104 Å². The molecule has 0 aromatic carbocycles. The lowest BCUT2D eigenvalue weighted by atomic mass is 10.4. The third-order valence-corrected chi connectivity index (χ3v) is 1.76. The van der Waals surface area contributed by atoms with Crippen LogP contribution in [0.4, 0.5) is 0 Å². The first-order valence-electron chi connectivity index (χ1n) is 4.42. The monoisotopic (exact) mass is 215 g/mol. The van der Waals surface area contributed by atoms with Crippen molar-refractivity contribution in [2.45, 2.75) is 0 Å². The molecule has 0 fully saturated rings. The molecule has 0 bridgehead atoms. The Hall–Kier alpha value is -1.54. The van der Waals surface area contributed by atoms with Crippen LogP contribution in [0.3, 0.4) is 0 Å². The number of tetrazole rings is 1. The first-order chi connectivity index (χ1) is 7.29. The van der Waals surface area contributed by atoms with Gasteiger partial charge in [0.1, 0.15) is 0 Å². The van der Waals surface area contributed by atoms with Crippen molar-refractivity contribution in [3.05, 3.63) is 5.82 Å². The third-order valence-electron chi connectivity index (χ3n) is 1.76. The van der Waals surface area contributed by atoms with E-state index in [9.17, 15) is 4.79 Å². The molecule has 84 valence electrons. The number of carbonyl (C=O) groups excluding carboxylic acids is 1. The highest BCUT2D eigenvalue weighted by Crippen LogP contribution is 1.96. The molecule has 1 amide bonds. The van der Waals surface area contributed by atoms with Crippen molar-refractivity contribution in [1.82, 2.24) is 25.5 Å². The minimum absolute atomic E-state index is 0.0143. The molecule has 0 radical (unpaired) electrons. The number of aromatic nitrogens is 4. The van der Waals surface area contributed by atoms with E-state index in [0.29, 0.717) is 13.2 Å². The van der Waals surface area contributed by atoms with E-state index in [1.807, 2.05) is 0 Å². The van der Waals surface area contributed by atoms with E-state index < -0.39 is 0 Å². The van der Waals surface area contributed by atoms with E-state index >= 15 is 0 Å². The lowest BCUT2D eigenvalue weighted by molar-refractivity contribution is 0.0645. The molecule has 8 nitrogen and oxygen atoms in total. The summed E-state index contributed by atoms with van der Waals surface area (Å²) in [6.45, 7) is 0.873. The molecule has 1 rings (SSSR count). The number of hydrogen-bond acceptors (Lipinski definition) is 6. The van der Waals surface area contributed by atoms with Gasteiger partial charge < -0.3 is 14.7 Å². The van der Waals surface area contributed by atoms with Gasteiger partial charge in [-0.25, -0.2) is 0 Å². The lowest BCUT2D eigenvalue weighted by Crippen LogP contribution is -2.36. The SMILES string of the molecule is COCCN(CCO)C(=O)c1nn[nH]n1. The number of amides is 1. The van der Waals surface area contributed by atoms with Crippen molar-refractivity contribution in [1.29, 1.82) is 0 Å². The third kappa shape index (κ3) is 3.26. The predicted octanol–water partition coefficient (Wildman–Crippen LogP) is -1.72. The minimum atomic E-state index is -0.380. The van der Waals surface area contributed by atoms with E-state index in [0.717, 1.165) is 0 Å². The highest BCUT2D eigenvalue weighted by molar-refractivity contribution is 5.90. The second-order valence-electron chi connectivity index (χ2n) is 2.74. The maximum Gasteiger partial charge on any atom is 0.295 e. The average Bonchev–Trinajstić information content (AvgIpc) is 2.76. The van der Waals surface area contributed by atoms with Crippen molar-refractivity contribution in [3.8, 4) is 0 Å². The van der Waals surface area contributed by atoms with E-state index in [1.165, 1.54) is 12.0 Å². The summed E-state index contributed by atoms with van der Waals surface area (Å²) in [6, 6.07) is 0. The molecule has 0 aliphatic rings. The van der Waals surface area contributed by atoms with Crippen LogP contribution in [-0.2, 0) is 4.74 Å². The average molecular weight is 215 g/mol. The van der Waals surface area contributed by atoms with E-state index in [4.69, 9.17) is 9.84 Å². The lowest BCUT2D eigenvalue weighted by Gasteiger charge is -2.19. The van der Waals surface area contributed by atoms with Crippen LogP contribution in [0.25, 0.3) is 0 Å². The fourth-order valence-corrected chi connectivity index (χ4v) is 1.03. The van der Waals surface area contributed by atoms with Gasteiger partial charge in [-0.15, -0.1) is 10.2 Å². The molecule has 1 heterocycles. The fraction of sp³-hybridized carbons (Fsp3) is 0.714. The van der Waals surface area contributed by atoms with Gasteiger partial charge >= 0.3 is 0 Å². The van der Waals surface area contributed by atoms with E-state index in [2.05, 4.69) is 20.6 Å². The summed E-state index contributed by atoms with van der Waals surface area (Å²) in [5.74, 6) is -0.394. The number of nitrogens with one attached hydrogen (secondary N) is 1. The molecule has 1 aromatic rings. The molecule has 0 spiro atoms. The summed E-state index contributed by atoms with van der Waals surface area (Å²) >= 11 is 0. The van der Waals surface area contributed by atoms with E-state index in [-0.39, 0.29) is 24.9 Å². The van der Waals surface area contributed by atoms with Crippen molar-refractivity contribution in [3.63, 3.8) is 0 Å². The number of hydrogen-bond donors (Lipinski definition) is 2. The van der Waals surface area contributed by atoms with Crippen LogP contribution in [0.15, 0.2) is 0 Å². The highest BCUT2D eigenvalue weighted by Gasteiger charge is 2.18. The number of nitrogens with zero attached hydrogens (tertiary/aromatic N) is 4. The molecular weight excluding hydrogens is 202 g/mol. The summed E-state index contributed by atoms with van der Waals surface area (Å²) < 4.78 is 4.85. The standard InChI is InChI=1S/C7H13N5O3/c1-15-5-3-12(2-4-13)7(14)6-8-10-11-9-6/h13H,2-5H2,1H3,(H,8,9,10,11). The normalized spacial score (nSPS) is 10.3. The minimum Gasteiger partial charge on any atom is -0.395 e. The molecule has 0 saturated carbocycles. The fourth-order valence-electron chi connectivity index (χ4n) is 1.03. The Kier molecular flexibility index (Phi) is 4.64. The summed E-state index contributed by atoms with van der Waals surface area (Å²) in [6.07, 6.45) is 0. The maximum atomic E-state index is 11.7. The number of rotatable bonds is 6. The van der Waals surface area contributed by atoms with Crippen molar-refractivity contribution in [2.75, 3.05) is 33.4 Å². The Balaban J connectivity index is 2.58. The zero-order valence-electron chi connectivity index (χ0n) is 8.38. The second kappa shape index (κ2) is 6.04. The Morgan fingerprint density at radius 1 is 1.60 bits per heavy atom. The smallest absolute Gasteiger partial charge is 0.295 e. The number of aromatic amines is 1. The Morgan fingerprint density at radius 3 is 2.93 bits per heavy atom. The maximum absolute atomic E-state index is 11.7. The van der Waals surface area contributed by atoms with Gasteiger partial charge in [0.05, 0.1) is 13.2 Å². The van der Waals surface area contributed by atoms with Crippen LogP contribution in [-0.4, -0.2) is 70.0 Å². The number of H-pyrrole nitrogens is 1. The Bertz CT molecular complexity index is 289. The highest BCUT2D eigenvalue weighted by atomic mass is 16.5. The number of ether oxygens (including phenoxy) is 1. The first kappa shape index (κ1) is 11.5. The number of methoxy groups -OCH3 is 1. The van der Waals surface area contributed by atoms with Gasteiger partial charge in [0.2, 0.25) is 0 Å².